The van der Waals surface area contributed by atoms with Gasteiger partial charge in [0.05, 0.1) is 6.42 Å². The fraction of sp³-hybridized carbons (Fsp3) is 0.429. The summed E-state index contributed by atoms with van der Waals surface area (Å²) in [6.07, 6.45) is -0.0664. The molecule has 0 fully saturated rings. The first-order valence-corrected chi connectivity index (χ1v) is 7.15. The molecule has 0 atom stereocenters. The highest BCUT2D eigenvalue weighted by Crippen LogP contribution is 2.19. The molecule has 0 heterocycles. The summed E-state index contributed by atoms with van der Waals surface area (Å²) in [6.45, 7) is 5.83. The highest BCUT2D eigenvalue weighted by Gasteiger charge is 2.18. The van der Waals surface area contributed by atoms with Gasteiger partial charge in [-0.05, 0) is 44.5 Å². The number of halogens is 1. The average molecular weight is 343 g/mol. The summed E-state index contributed by atoms with van der Waals surface area (Å²) in [5.74, 6) is -0.915. The molecule has 0 saturated carbocycles. The van der Waals surface area contributed by atoms with Gasteiger partial charge < -0.3 is 15.3 Å². The molecule has 0 spiro atoms. The van der Waals surface area contributed by atoms with E-state index in [4.69, 9.17) is 5.11 Å². The summed E-state index contributed by atoms with van der Waals surface area (Å²) in [6, 6.07) is 5.25. The first kappa shape index (κ1) is 16.5. The van der Waals surface area contributed by atoms with Crippen molar-refractivity contribution in [3.8, 4) is 0 Å². The van der Waals surface area contributed by atoms with Gasteiger partial charge in [0, 0.05) is 22.7 Å². The van der Waals surface area contributed by atoms with Gasteiger partial charge in [0.2, 0.25) is 0 Å². The van der Waals surface area contributed by atoms with E-state index in [0.29, 0.717) is 5.69 Å². The largest absolute Gasteiger partial charge is 0.481 e. The van der Waals surface area contributed by atoms with Crippen LogP contribution in [0.15, 0.2) is 22.7 Å². The Bertz CT molecular complexity index is 483. The summed E-state index contributed by atoms with van der Waals surface area (Å²) in [4.78, 5) is 24.3. The summed E-state index contributed by atoms with van der Waals surface area (Å²) >= 11 is 3.38. The molecule has 0 aromatic heterocycles. The van der Waals surface area contributed by atoms with Crippen LogP contribution in [-0.4, -0.2) is 34.6 Å². The average Bonchev–Trinajstić information content (AvgIpc) is 2.26. The summed E-state index contributed by atoms with van der Waals surface area (Å²) in [7, 11) is 0. The normalized spacial score (nSPS) is 10.4. The van der Waals surface area contributed by atoms with E-state index < -0.39 is 5.97 Å². The molecule has 6 heteroatoms. The molecular formula is C14H19BrN2O3. The van der Waals surface area contributed by atoms with Gasteiger partial charge in [-0.25, -0.2) is 4.79 Å². The number of nitrogens with one attached hydrogen (secondary N) is 1. The molecule has 0 radical (unpaired) electrons. The van der Waals surface area contributed by atoms with Gasteiger partial charge in [0.15, 0.2) is 0 Å². The van der Waals surface area contributed by atoms with Gasteiger partial charge in [-0.1, -0.05) is 15.9 Å². The zero-order valence-corrected chi connectivity index (χ0v) is 13.4. The van der Waals surface area contributed by atoms with E-state index in [0.717, 1.165) is 10.0 Å². The van der Waals surface area contributed by atoms with Crippen LogP contribution in [0.1, 0.15) is 25.8 Å². The van der Waals surface area contributed by atoms with E-state index in [2.05, 4.69) is 21.2 Å². The van der Waals surface area contributed by atoms with Gasteiger partial charge in [-0.15, -0.1) is 0 Å². The highest BCUT2D eigenvalue weighted by molar-refractivity contribution is 9.10. The van der Waals surface area contributed by atoms with Crippen LogP contribution in [0.2, 0.25) is 0 Å². The molecule has 5 nitrogen and oxygen atoms in total. The molecule has 110 valence electrons. The molecule has 20 heavy (non-hydrogen) atoms. The standard InChI is InChI=1S/C14H19BrN2O3/c1-9(2)17(5-4-13(18)19)14(20)16-12-7-10(3)6-11(15)8-12/h6-9H,4-5H2,1-3H3,(H,16,20)(H,18,19). The zero-order chi connectivity index (χ0) is 15.3. The van der Waals surface area contributed by atoms with E-state index >= 15 is 0 Å². The first-order valence-electron chi connectivity index (χ1n) is 6.36. The van der Waals surface area contributed by atoms with E-state index in [1.807, 2.05) is 32.9 Å². The smallest absolute Gasteiger partial charge is 0.322 e. The Balaban J connectivity index is 2.77. The van der Waals surface area contributed by atoms with Crippen molar-refractivity contribution < 1.29 is 14.7 Å². The van der Waals surface area contributed by atoms with Crippen LogP contribution in [0.5, 0.6) is 0 Å². The number of carboxylic acid groups (broad SMARTS) is 1. The van der Waals surface area contributed by atoms with E-state index in [9.17, 15) is 9.59 Å². The van der Waals surface area contributed by atoms with Crippen molar-refractivity contribution in [1.82, 2.24) is 4.90 Å². The van der Waals surface area contributed by atoms with E-state index in [1.54, 1.807) is 6.07 Å². The lowest BCUT2D eigenvalue weighted by molar-refractivity contribution is -0.137. The number of urea groups is 1. The molecule has 2 amide bonds. The number of aliphatic carboxylic acids is 1. The van der Waals surface area contributed by atoms with Crippen molar-refractivity contribution in [2.24, 2.45) is 0 Å². The quantitative estimate of drug-likeness (QED) is 0.860. The van der Waals surface area contributed by atoms with Crippen LogP contribution >= 0.6 is 15.9 Å². The van der Waals surface area contributed by atoms with Gasteiger partial charge >= 0.3 is 12.0 Å². The number of amides is 2. The minimum Gasteiger partial charge on any atom is -0.481 e. The number of anilines is 1. The number of carboxylic acids is 1. The molecule has 0 saturated heterocycles. The number of aryl methyl sites for hydroxylation is 1. The number of rotatable bonds is 5. The lowest BCUT2D eigenvalue weighted by Gasteiger charge is -2.26. The third-order valence-electron chi connectivity index (χ3n) is 2.74. The number of hydrogen-bond acceptors (Lipinski definition) is 2. The molecule has 2 N–H and O–H groups in total. The number of nitrogens with zero attached hydrogens (tertiary/aromatic N) is 1. The van der Waals surface area contributed by atoms with Crippen LogP contribution in [0.4, 0.5) is 10.5 Å². The van der Waals surface area contributed by atoms with Crippen LogP contribution in [0.25, 0.3) is 0 Å². The second kappa shape index (κ2) is 7.28. The van der Waals surface area contributed by atoms with Crippen molar-refractivity contribution in [3.05, 3.63) is 28.2 Å². The van der Waals surface area contributed by atoms with E-state index in [1.165, 1.54) is 4.90 Å². The Labute approximate surface area is 127 Å². The van der Waals surface area contributed by atoms with Gasteiger partial charge in [-0.3, -0.25) is 4.79 Å². The lowest BCUT2D eigenvalue weighted by Crippen LogP contribution is -2.41. The second-order valence-electron chi connectivity index (χ2n) is 4.88. The summed E-state index contributed by atoms with van der Waals surface area (Å²) in [5, 5.41) is 11.5. The third-order valence-corrected chi connectivity index (χ3v) is 3.20. The Morgan fingerprint density at radius 1 is 1.35 bits per heavy atom. The lowest BCUT2D eigenvalue weighted by atomic mass is 10.2. The fourth-order valence-corrected chi connectivity index (χ4v) is 2.42. The van der Waals surface area contributed by atoms with E-state index in [-0.39, 0.29) is 25.0 Å². The molecule has 1 rings (SSSR count). The van der Waals surface area contributed by atoms with Gasteiger partial charge in [0.1, 0.15) is 0 Å². The molecule has 1 aromatic carbocycles. The topological polar surface area (TPSA) is 69.6 Å². The van der Waals surface area contributed by atoms with Crippen molar-refractivity contribution in [2.75, 3.05) is 11.9 Å². The monoisotopic (exact) mass is 342 g/mol. The minimum atomic E-state index is -0.915. The van der Waals surface area contributed by atoms with Crippen molar-refractivity contribution in [2.45, 2.75) is 33.2 Å². The van der Waals surface area contributed by atoms with Gasteiger partial charge in [-0.2, -0.15) is 0 Å². The summed E-state index contributed by atoms with van der Waals surface area (Å²) < 4.78 is 0.884. The van der Waals surface area contributed by atoms with Crippen LogP contribution in [0.3, 0.4) is 0 Å². The maximum absolute atomic E-state index is 12.2. The Morgan fingerprint density at radius 3 is 2.50 bits per heavy atom. The van der Waals surface area contributed by atoms with Crippen molar-refractivity contribution in [1.29, 1.82) is 0 Å². The predicted molar refractivity (Wildman–Crippen MR) is 82.0 cm³/mol. The number of carbonyl (C=O) groups excluding carboxylic acids is 1. The number of carbonyl (C=O) groups is 2. The van der Waals surface area contributed by atoms with Gasteiger partial charge in [0.25, 0.3) is 0 Å². The molecule has 0 bridgehead atoms. The minimum absolute atomic E-state index is 0.0664. The SMILES string of the molecule is Cc1cc(Br)cc(NC(=O)N(CCC(=O)O)C(C)C)c1. The maximum atomic E-state index is 12.2. The Hall–Kier alpha value is -1.56. The van der Waals surface area contributed by atoms with Crippen LogP contribution in [0, 0.1) is 6.92 Å². The highest BCUT2D eigenvalue weighted by atomic mass is 79.9. The van der Waals surface area contributed by atoms with Crippen LogP contribution < -0.4 is 5.32 Å². The Morgan fingerprint density at radius 2 is 2.00 bits per heavy atom. The molecule has 1 aromatic rings. The molecule has 0 aliphatic heterocycles. The Kier molecular flexibility index (Phi) is 6.01. The van der Waals surface area contributed by atoms with Crippen molar-refractivity contribution >= 4 is 33.6 Å². The molecule has 0 aliphatic carbocycles. The summed E-state index contributed by atoms with van der Waals surface area (Å²) in [5.41, 5.74) is 1.71. The molecular weight excluding hydrogens is 324 g/mol. The van der Waals surface area contributed by atoms with Crippen molar-refractivity contribution in [3.63, 3.8) is 0 Å². The fourth-order valence-electron chi connectivity index (χ4n) is 1.81. The van der Waals surface area contributed by atoms with Crippen LogP contribution in [-0.2, 0) is 4.79 Å². The zero-order valence-electron chi connectivity index (χ0n) is 11.8. The maximum Gasteiger partial charge on any atom is 0.322 e. The first-order chi connectivity index (χ1) is 9.29. The second-order valence-corrected chi connectivity index (χ2v) is 5.79. The predicted octanol–water partition coefficient (Wildman–Crippen LogP) is 3.47. The molecule has 0 aliphatic rings. The number of benzene rings is 1. The third kappa shape index (κ3) is 5.21. The molecule has 0 unspecified atom stereocenters. The number of hydrogen-bond donors (Lipinski definition) is 2.